The lowest BCUT2D eigenvalue weighted by molar-refractivity contribution is 0.0909. The molecule has 1 aromatic rings. The molecule has 0 saturated carbocycles. The quantitative estimate of drug-likeness (QED) is 0.823. The van der Waals surface area contributed by atoms with Gasteiger partial charge in [0.1, 0.15) is 5.69 Å². The first-order chi connectivity index (χ1) is 8.21. The fourth-order valence-electron chi connectivity index (χ4n) is 2.12. The van der Waals surface area contributed by atoms with Gasteiger partial charge in [0.05, 0.1) is 17.0 Å². The summed E-state index contributed by atoms with van der Waals surface area (Å²) in [5.41, 5.74) is 0.520. The molecular formula is C11H17N3O3S. The number of amides is 1. The molecule has 0 spiro atoms. The number of carbonyl (C=O) groups excluding carboxylic acids is 1. The van der Waals surface area contributed by atoms with E-state index in [1.54, 1.807) is 24.7 Å². The monoisotopic (exact) mass is 271 g/mol. The van der Waals surface area contributed by atoms with Gasteiger partial charge in [-0.05, 0) is 26.3 Å². The van der Waals surface area contributed by atoms with Crippen LogP contribution in [0.1, 0.15) is 29.5 Å². The average molecular weight is 271 g/mol. The summed E-state index contributed by atoms with van der Waals surface area (Å²) in [5.74, 6) is -0.193. The van der Waals surface area contributed by atoms with E-state index in [1.165, 1.54) is 0 Å². The molecule has 1 unspecified atom stereocenters. The van der Waals surface area contributed by atoms with E-state index >= 15 is 0 Å². The third kappa shape index (κ3) is 2.55. The highest BCUT2D eigenvalue weighted by atomic mass is 32.2. The van der Waals surface area contributed by atoms with E-state index in [0.717, 1.165) is 5.69 Å². The van der Waals surface area contributed by atoms with Gasteiger partial charge in [-0.25, -0.2) is 8.42 Å². The van der Waals surface area contributed by atoms with Gasteiger partial charge >= 0.3 is 0 Å². The molecule has 0 radical (unpaired) electrons. The van der Waals surface area contributed by atoms with Crippen LogP contribution in [-0.2, 0) is 16.9 Å². The van der Waals surface area contributed by atoms with Crippen molar-refractivity contribution >= 4 is 15.7 Å². The molecule has 1 atom stereocenters. The fourth-order valence-corrected chi connectivity index (χ4v) is 4.21. The zero-order chi connectivity index (χ0) is 13.6. The lowest BCUT2D eigenvalue weighted by atomic mass is 10.0. The Morgan fingerprint density at radius 1 is 1.56 bits per heavy atom. The molecule has 1 aromatic heterocycles. The molecule has 1 fully saturated rings. The molecule has 6 nitrogen and oxygen atoms in total. The summed E-state index contributed by atoms with van der Waals surface area (Å²) >= 11 is 0. The normalized spacial score (nSPS) is 26.2. The number of aromatic nitrogens is 2. The Labute approximate surface area is 106 Å². The highest BCUT2D eigenvalue weighted by molar-refractivity contribution is 7.91. The van der Waals surface area contributed by atoms with Crippen molar-refractivity contribution in [1.82, 2.24) is 15.1 Å². The molecule has 0 bridgehead atoms. The Morgan fingerprint density at radius 2 is 2.22 bits per heavy atom. The minimum Gasteiger partial charge on any atom is -0.344 e. The summed E-state index contributed by atoms with van der Waals surface area (Å²) in [5, 5.41) is 6.85. The van der Waals surface area contributed by atoms with Crippen LogP contribution in [0.5, 0.6) is 0 Å². The predicted octanol–water partition coefficient (Wildman–Crippen LogP) is 0.0355. The highest BCUT2D eigenvalue weighted by Crippen LogP contribution is 2.23. The Hall–Kier alpha value is -1.37. The Balaban J connectivity index is 2.13. The number of sulfone groups is 1. The van der Waals surface area contributed by atoms with Crippen LogP contribution >= 0.6 is 0 Å². The lowest BCUT2D eigenvalue weighted by Gasteiger charge is -2.23. The Kier molecular flexibility index (Phi) is 2.96. The van der Waals surface area contributed by atoms with Crippen LogP contribution in [-0.4, -0.2) is 41.2 Å². The Morgan fingerprint density at radius 3 is 2.67 bits per heavy atom. The Bertz CT molecular complexity index is 571. The maximum Gasteiger partial charge on any atom is 0.272 e. The van der Waals surface area contributed by atoms with Gasteiger partial charge in [-0.15, -0.1) is 0 Å². The van der Waals surface area contributed by atoms with Crippen LogP contribution in [0.15, 0.2) is 6.07 Å². The summed E-state index contributed by atoms with van der Waals surface area (Å²) in [6.07, 6.45) is 0.451. The maximum absolute atomic E-state index is 12.0. The lowest BCUT2D eigenvalue weighted by Crippen LogP contribution is -2.47. The molecule has 2 heterocycles. The molecule has 1 saturated heterocycles. The van der Waals surface area contributed by atoms with Gasteiger partial charge in [-0.3, -0.25) is 9.48 Å². The second-order valence-corrected chi connectivity index (χ2v) is 7.34. The minimum absolute atomic E-state index is 0.00242. The van der Waals surface area contributed by atoms with E-state index in [9.17, 15) is 13.2 Å². The number of carbonyl (C=O) groups is 1. The highest BCUT2D eigenvalue weighted by Gasteiger charge is 2.39. The van der Waals surface area contributed by atoms with Gasteiger partial charge in [0.25, 0.3) is 5.91 Å². The molecule has 18 heavy (non-hydrogen) atoms. The summed E-state index contributed by atoms with van der Waals surface area (Å²) in [6.45, 7) is 3.61. The topological polar surface area (TPSA) is 81.1 Å². The van der Waals surface area contributed by atoms with Crippen molar-refractivity contribution in [3.63, 3.8) is 0 Å². The molecule has 1 N–H and O–H groups in total. The van der Waals surface area contributed by atoms with Crippen molar-refractivity contribution in [2.45, 2.75) is 25.8 Å². The van der Waals surface area contributed by atoms with E-state index in [0.29, 0.717) is 12.1 Å². The van der Waals surface area contributed by atoms with E-state index in [1.807, 2.05) is 6.92 Å². The first kappa shape index (κ1) is 13.1. The summed E-state index contributed by atoms with van der Waals surface area (Å²) < 4.78 is 24.5. The third-order valence-corrected chi connectivity index (χ3v) is 5.17. The first-order valence-corrected chi connectivity index (χ1v) is 7.57. The van der Waals surface area contributed by atoms with Crippen molar-refractivity contribution in [1.29, 1.82) is 0 Å². The van der Waals surface area contributed by atoms with Crippen LogP contribution in [0.25, 0.3) is 0 Å². The number of nitrogens with one attached hydrogen (secondary N) is 1. The third-order valence-electron chi connectivity index (χ3n) is 3.27. The van der Waals surface area contributed by atoms with Crippen LogP contribution in [0, 0.1) is 6.92 Å². The minimum atomic E-state index is -3.03. The van der Waals surface area contributed by atoms with Gasteiger partial charge in [-0.1, -0.05) is 0 Å². The van der Waals surface area contributed by atoms with Gasteiger partial charge in [0, 0.05) is 12.7 Å². The smallest absolute Gasteiger partial charge is 0.272 e. The fraction of sp³-hybridized carbons (Fsp3) is 0.636. The maximum atomic E-state index is 12.0. The van der Waals surface area contributed by atoms with Crippen LogP contribution in [0.4, 0.5) is 0 Å². The molecule has 0 aliphatic carbocycles. The van der Waals surface area contributed by atoms with Gasteiger partial charge < -0.3 is 5.32 Å². The molecule has 1 aliphatic rings. The van der Waals surface area contributed by atoms with Crippen molar-refractivity contribution in [3.8, 4) is 0 Å². The van der Waals surface area contributed by atoms with Crippen LogP contribution < -0.4 is 5.32 Å². The number of aryl methyl sites for hydroxylation is 2. The average Bonchev–Trinajstić information content (AvgIpc) is 2.69. The molecule has 2 rings (SSSR count). The molecule has 7 heteroatoms. The largest absolute Gasteiger partial charge is 0.344 e. The number of hydrogen-bond donors (Lipinski definition) is 1. The number of nitrogens with zero attached hydrogens (tertiary/aromatic N) is 2. The SMILES string of the molecule is Cc1cc(C(=O)NC2(C)CCS(=O)(=O)C2)nn1C. The molecule has 1 aliphatic heterocycles. The molecule has 0 aromatic carbocycles. The zero-order valence-corrected chi connectivity index (χ0v) is 11.5. The summed E-state index contributed by atoms with van der Waals surface area (Å²) in [4.78, 5) is 12.0. The molecule has 100 valence electrons. The van der Waals surface area contributed by atoms with Crippen LogP contribution in [0.2, 0.25) is 0 Å². The van der Waals surface area contributed by atoms with Crippen molar-refractivity contribution < 1.29 is 13.2 Å². The van der Waals surface area contributed by atoms with Crippen LogP contribution in [0.3, 0.4) is 0 Å². The first-order valence-electron chi connectivity index (χ1n) is 5.74. The second-order valence-electron chi connectivity index (χ2n) is 5.15. The van der Waals surface area contributed by atoms with Gasteiger partial charge in [0.15, 0.2) is 9.84 Å². The summed E-state index contributed by atoms with van der Waals surface area (Å²) in [7, 11) is -1.27. The van der Waals surface area contributed by atoms with E-state index in [-0.39, 0.29) is 17.4 Å². The molecular weight excluding hydrogens is 254 g/mol. The second kappa shape index (κ2) is 4.08. The standard InChI is InChI=1S/C11H17N3O3S/c1-8-6-9(13-14(8)3)10(15)12-11(2)4-5-18(16,17)7-11/h6H,4-5,7H2,1-3H3,(H,12,15). The van der Waals surface area contributed by atoms with Crippen molar-refractivity contribution in [2.75, 3.05) is 11.5 Å². The zero-order valence-electron chi connectivity index (χ0n) is 10.7. The summed E-state index contributed by atoms with van der Waals surface area (Å²) in [6, 6.07) is 1.68. The van der Waals surface area contributed by atoms with E-state index in [4.69, 9.17) is 0 Å². The van der Waals surface area contributed by atoms with Crippen molar-refractivity contribution in [3.05, 3.63) is 17.5 Å². The van der Waals surface area contributed by atoms with Gasteiger partial charge in [0.2, 0.25) is 0 Å². The predicted molar refractivity (Wildman–Crippen MR) is 67.1 cm³/mol. The van der Waals surface area contributed by atoms with Gasteiger partial charge in [-0.2, -0.15) is 5.10 Å². The van der Waals surface area contributed by atoms with E-state index in [2.05, 4.69) is 10.4 Å². The number of rotatable bonds is 2. The van der Waals surface area contributed by atoms with E-state index < -0.39 is 15.4 Å². The van der Waals surface area contributed by atoms with Crippen molar-refractivity contribution in [2.24, 2.45) is 7.05 Å². The molecule has 1 amide bonds. The number of hydrogen-bond acceptors (Lipinski definition) is 4.